The molecule has 1 nitrogen and oxygen atoms in total. The van der Waals surface area contributed by atoms with Crippen LogP contribution in [0, 0.1) is 0 Å². The first-order chi connectivity index (χ1) is 4.47. The molecule has 0 amide bonds. The van der Waals surface area contributed by atoms with E-state index in [2.05, 4.69) is 6.58 Å². The molecule has 0 bridgehead atoms. The van der Waals surface area contributed by atoms with Crippen LogP contribution in [0.5, 0.6) is 0 Å². The Morgan fingerprint density at radius 1 is 1.50 bits per heavy atom. The van der Waals surface area contributed by atoms with E-state index in [4.69, 9.17) is 5.73 Å². The molecule has 1 rings (SSSR count). The summed E-state index contributed by atoms with van der Waals surface area (Å²) in [6.45, 7) is 3.45. The van der Waals surface area contributed by atoms with Gasteiger partial charge < -0.3 is 5.73 Å². The fraction of sp³-hybridized carbons (Fsp3) is 0.714. The van der Waals surface area contributed by atoms with Crippen LogP contribution in [0.4, 0.5) is 8.78 Å². The first-order valence-corrected chi connectivity index (χ1v) is 3.25. The molecule has 0 aromatic rings. The lowest BCUT2D eigenvalue weighted by atomic mass is 9.72. The summed E-state index contributed by atoms with van der Waals surface area (Å²) in [6, 6.07) is 0. The van der Waals surface area contributed by atoms with E-state index in [1.165, 1.54) is 0 Å². The summed E-state index contributed by atoms with van der Waals surface area (Å²) in [5, 5.41) is 0. The van der Waals surface area contributed by atoms with Crippen LogP contribution in [0.15, 0.2) is 12.7 Å². The highest BCUT2D eigenvalue weighted by Crippen LogP contribution is 2.45. The predicted molar refractivity (Wildman–Crippen MR) is 35.9 cm³/mol. The molecule has 0 aromatic carbocycles. The van der Waals surface area contributed by atoms with Crippen LogP contribution in [0.3, 0.4) is 0 Å². The van der Waals surface area contributed by atoms with E-state index in [1.54, 1.807) is 6.08 Å². The molecular weight excluding hydrogens is 136 g/mol. The van der Waals surface area contributed by atoms with Gasteiger partial charge >= 0.3 is 0 Å². The minimum atomic E-state index is -2.52. The zero-order valence-electron chi connectivity index (χ0n) is 5.74. The quantitative estimate of drug-likeness (QED) is 0.591. The summed E-state index contributed by atoms with van der Waals surface area (Å²) in [5.41, 5.74) is 4.88. The van der Waals surface area contributed by atoms with Crippen LogP contribution in [0.1, 0.15) is 19.3 Å². The molecule has 58 valence electrons. The number of alkyl halides is 2. The molecule has 0 aliphatic heterocycles. The van der Waals surface area contributed by atoms with E-state index in [1.807, 2.05) is 0 Å². The van der Waals surface area contributed by atoms with Gasteiger partial charge in [-0.3, -0.25) is 0 Å². The lowest BCUT2D eigenvalue weighted by molar-refractivity contribution is -0.120. The van der Waals surface area contributed by atoms with Crippen molar-refractivity contribution in [1.29, 1.82) is 0 Å². The second-order valence-electron chi connectivity index (χ2n) is 3.06. The Morgan fingerprint density at radius 2 is 2.00 bits per heavy atom. The number of rotatable bonds is 2. The molecule has 0 radical (unpaired) electrons. The highest BCUT2D eigenvalue weighted by molar-refractivity contribution is 5.06. The van der Waals surface area contributed by atoms with Gasteiger partial charge in [0.2, 0.25) is 0 Å². The minimum absolute atomic E-state index is 0.188. The third-order valence-electron chi connectivity index (χ3n) is 1.77. The van der Waals surface area contributed by atoms with Crippen molar-refractivity contribution in [2.45, 2.75) is 30.7 Å². The Balaban J connectivity index is 2.41. The first kappa shape index (κ1) is 7.66. The maximum Gasteiger partial charge on any atom is 0.251 e. The van der Waals surface area contributed by atoms with E-state index < -0.39 is 11.5 Å². The van der Waals surface area contributed by atoms with Crippen molar-refractivity contribution in [1.82, 2.24) is 0 Å². The van der Waals surface area contributed by atoms with E-state index in [-0.39, 0.29) is 12.8 Å². The molecule has 1 fully saturated rings. The summed E-state index contributed by atoms with van der Waals surface area (Å²) < 4.78 is 24.5. The lowest BCUT2D eigenvalue weighted by Gasteiger charge is -2.43. The molecule has 3 heteroatoms. The molecule has 0 spiro atoms. The highest BCUT2D eigenvalue weighted by Gasteiger charge is 2.53. The van der Waals surface area contributed by atoms with Crippen LogP contribution >= 0.6 is 0 Å². The molecular formula is C7H11F2N. The molecule has 0 saturated heterocycles. The van der Waals surface area contributed by atoms with Gasteiger partial charge in [0.1, 0.15) is 0 Å². The van der Waals surface area contributed by atoms with Crippen molar-refractivity contribution >= 4 is 0 Å². The van der Waals surface area contributed by atoms with Crippen LogP contribution in [-0.4, -0.2) is 11.5 Å². The Morgan fingerprint density at radius 3 is 2.30 bits per heavy atom. The van der Waals surface area contributed by atoms with Gasteiger partial charge in [-0.2, -0.15) is 0 Å². The summed E-state index contributed by atoms with van der Waals surface area (Å²) in [6.07, 6.45) is 1.70. The highest BCUT2D eigenvalue weighted by atomic mass is 19.3. The zero-order chi connectivity index (χ0) is 7.83. The van der Waals surface area contributed by atoms with Crippen LogP contribution in [-0.2, 0) is 0 Å². The van der Waals surface area contributed by atoms with Gasteiger partial charge in [-0.25, -0.2) is 8.78 Å². The summed E-state index contributed by atoms with van der Waals surface area (Å²) in [5.74, 6) is -2.52. The van der Waals surface area contributed by atoms with Gasteiger partial charge in [0.15, 0.2) is 0 Å². The van der Waals surface area contributed by atoms with Gasteiger partial charge in [0.05, 0.1) is 0 Å². The summed E-state index contributed by atoms with van der Waals surface area (Å²) in [4.78, 5) is 0. The number of nitrogens with two attached hydrogens (primary N) is 1. The number of hydrogen-bond donors (Lipinski definition) is 1. The van der Waals surface area contributed by atoms with Gasteiger partial charge in [-0.1, -0.05) is 6.08 Å². The second kappa shape index (κ2) is 2.02. The van der Waals surface area contributed by atoms with Crippen LogP contribution in [0.25, 0.3) is 0 Å². The number of halogens is 2. The normalized spacial score (nSPS) is 27.1. The van der Waals surface area contributed by atoms with E-state index in [9.17, 15) is 8.78 Å². The molecule has 1 aliphatic rings. The third-order valence-corrected chi connectivity index (χ3v) is 1.77. The SMILES string of the molecule is C=CCC1(N)CC(F)(F)C1. The Labute approximate surface area is 58.9 Å². The van der Waals surface area contributed by atoms with E-state index in [0.717, 1.165) is 0 Å². The fourth-order valence-electron chi connectivity index (χ4n) is 1.41. The molecule has 0 atom stereocenters. The Hall–Kier alpha value is -0.440. The van der Waals surface area contributed by atoms with E-state index in [0.29, 0.717) is 6.42 Å². The average molecular weight is 147 g/mol. The summed E-state index contributed by atoms with van der Waals surface area (Å²) >= 11 is 0. The van der Waals surface area contributed by atoms with Gasteiger partial charge in [0.25, 0.3) is 5.92 Å². The Bertz CT molecular complexity index is 146. The van der Waals surface area contributed by atoms with Crippen molar-refractivity contribution in [3.05, 3.63) is 12.7 Å². The van der Waals surface area contributed by atoms with Crippen molar-refractivity contribution in [2.75, 3.05) is 0 Å². The lowest BCUT2D eigenvalue weighted by Crippen LogP contribution is -2.57. The second-order valence-corrected chi connectivity index (χ2v) is 3.06. The fourth-order valence-corrected chi connectivity index (χ4v) is 1.41. The monoisotopic (exact) mass is 147 g/mol. The molecule has 10 heavy (non-hydrogen) atoms. The molecule has 1 saturated carbocycles. The molecule has 1 aliphatic carbocycles. The molecule has 2 N–H and O–H groups in total. The average Bonchev–Trinajstić information content (AvgIpc) is 1.58. The summed E-state index contributed by atoms with van der Waals surface area (Å²) in [7, 11) is 0. The van der Waals surface area contributed by atoms with Crippen molar-refractivity contribution in [3.8, 4) is 0 Å². The van der Waals surface area contributed by atoms with Gasteiger partial charge in [-0.05, 0) is 6.42 Å². The third kappa shape index (κ3) is 1.34. The predicted octanol–water partition coefficient (Wildman–Crippen LogP) is 1.69. The molecule has 0 heterocycles. The smallest absolute Gasteiger partial charge is 0.251 e. The largest absolute Gasteiger partial charge is 0.324 e. The topological polar surface area (TPSA) is 26.0 Å². The van der Waals surface area contributed by atoms with Crippen LogP contribution in [0.2, 0.25) is 0 Å². The van der Waals surface area contributed by atoms with E-state index >= 15 is 0 Å². The molecule has 0 aromatic heterocycles. The maximum absolute atomic E-state index is 12.2. The standard InChI is InChI=1S/C7H11F2N/c1-2-3-6(10)4-7(8,9)5-6/h2H,1,3-5,10H2. The van der Waals surface area contributed by atoms with Gasteiger partial charge in [-0.15, -0.1) is 6.58 Å². The van der Waals surface area contributed by atoms with Crippen molar-refractivity contribution < 1.29 is 8.78 Å². The Kier molecular flexibility index (Phi) is 1.55. The maximum atomic E-state index is 12.2. The first-order valence-electron chi connectivity index (χ1n) is 3.25. The van der Waals surface area contributed by atoms with Crippen molar-refractivity contribution in [2.24, 2.45) is 5.73 Å². The minimum Gasteiger partial charge on any atom is -0.324 e. The zero-order valence-corrected chi connectivity index (χ0v) is 5.74. The number of hydrogen-bond acceptors (Lipinski definition) is 1. The van der Waals surface area contributed by atoms with Gasteiger partial charge in [0, 0.05) is 18.4 Å². The van der Waals surface area contributed by atoms with Crippen molar-refractivity contribution in [3.63, 3.8) is 0 Å². The molecule has 0 unspecified atom stereocenters. The van der Waals surface area contributed by atoms with Crippen LogP contribution < -0.4 is 5.73 Å².